The number of aliphatic carboxylic acids is 2. The number of nitrogens with zero attached hydrogens (tertiary/aromatic N) is 2. The lowest BCUT2D eigenvalue weighted by atomic mass is 9.96. The van der Waals surface area contributed by atoms with E-state index in [9.17, 15) is 63.9 Å². The van der Waals surface area contributed by atoms with Crippen LogP contribution in [-0.2, 0) is 47.7 Å². The monoisotopic (exact) mass is 1110 g/mol. The van der Waals surface area contributed by atoms with Crippen LogP contribution in [0, 0.1) is 17.8 Å². The molecule has 16 unspecified atom stereocenters. The van der Waals surface area contributed by atoms with Crippen molar-refractivity contribution in [1.82, 2.24) is 41.5 Å². The zero-order valence-corrected chi connectivity index (χ0v) is 45.3. The lowest BCUT2D eigenvalue weighted by Gasteiger charge is -2.34. The lowest BCUT2D eigenvalue weighted by Crippen LogP contribution is -2.66. The molecule has 0 radical (unpaired) electrons. The molecule has 0 bridgehead atoms. The van der Waals surface area contributed by atoms with Gasteiger partial charge >= 0.3 is 29.6 Å². The summed E-state index contributed by atoms with van der Waals surface area (Å²) < 4.78 is 30.0. The number of esters is 1. The van der Waals surface area contributed by atoms with Gasteiger partial charge in [0.1, 0.15) is 73.0 Å². The van der Waals surface area contributed by atoms with Crippen LogP contribution in [0.3, 0.4) is 0 Å². The van der Waals surface area contributed by atoms with Crippen molar-refractivity contribution < 1.29 is 78.0 Å². The number of H-pyrrole nitrogens is 1. The minimum atomic E-state index is -1.93. The van der Waals surface area contributed by atoms with Crippen molar-refractivity contribution >= 4 is 41.7 Å². The number of unbranched alkanes of at least 4 members (excludes halogenated alkanes) is 3. The number of carboxylic acid groups (broad SMARTS) is 2. The summed E-state index contributed by atoms with van der Waals surface area (Å²) >= 11 is 0. The van der Waals surface area contributed by atoms with E-state index in [1.54, 1.807) is 27.7 Å². The van der Waals surface area contributed by atoms with Crippen LogP contribution < -0.4 is 54.6 Å². The number of urea groups is 1. The van der Waals surface area contributed by atoms with Crippen molar-refractivity contribution in [2.45, 2.75) is 191 Å². The quantitative estimate of drug-likeness (QED) is 0.0253. The second-order valence-corrected chi connectivity index (χ2v) is 20.6. The summed E-state index contributed by atoms with van der Waals surface area (Å²) in [6.45, 7) is 10.3. The smallest absolute Gasteiger partial charge is 0.330 e. The first kappa shape index (κ1) is 64.7. The molecule has 3 aliphatic heterocycles. The zero-order chi connectivity index (χ0) is 58.0. The van der Waals surface area contributed by atoms with Crippen molar-refractivity contribution in [2.24, 2.45) is 34.2 Å². The summed E-state index contributed by atoms with van der Waals surface area (Å²) in [4.78, 5) is 112. The number of carbonyl (C=O) groups is 6. The van der Waals surface area contributed by atoms with Crippen LogP contribution in [-0.4, -0.2) is 195 Å². The average Bonchev–Trinajstić information content (AvgIpc) is 3.94. The van der Waals surface area contributed by atoms with Crippen molar-refractivity contribution in [2.75, 3.05) is 33.3 Å². The fourth-order valence-electron chi connectivity index (χ4n) is 9.31. The topological polar surface area (TPSA) is 441 Å². The number of carbonyl (C=O) groups excluding carboxylic acids is 4. The van der Waals surface area contributed by atoms with Gasteiger partial charge in [0.15, 0.2) is 18.5 Å². The van der Waals surface area contributed by atoms with Crippen LogP contribution in [0.1, 0.15) is 106 Å². The van der Waals surface area contributed by atoms with Gasteiger partial charge in [0.05, 0.1) is 6.04 Å². The molecule has 29 nitrogen and oxygen atoms in total. The van der Waals surface area contributed by atoms with E-state index in [2.05, 4.69) is 50.7 Å². The number of aliphatic hydroxyl groups is 3. The Morgan fingerprint density at radius 2 is 1.55 bits per heavy atom. The third-order valence-electron chi connectivity index (χ3n) is 14.0. The fourth-order valence-corrected chi connectivity index (χ4v) is 9.31. The molecule has 0 spiro atoms. The molecule has 0 aliphatic carbocycles. The number of aliphatic hydroxyl groups excluding tert-OH is 3. The molecule has 2 saturated heterocycles. The van der Waals surface area contributed by atoms with Crippen molar-refractivity contribution in [3.8, 4) is 0 Å². The molecule has 29 heteroatoms. The fraction of sp³-hybridized carbons (Fsp3) is 0.776. The molecule has 4 rings (SSSR count). The highest BCUT2D eigenvalue weighted by Crippen LogP contribution is 2.35. The molecule has 16 atom stereocenters. The van der Waals surface area contributed by atoms with Crippen LogP contribution in [0.15, 0.2) is 26.8 Å². The number of aromatic nitrogens is 2. The highest BCUT2D eigenvalue weighted by molar-refractivity contribution is 5.94. The molecule has 442 valence electrons. The standard InChI is InChI=1S/C49H83N11O18/c1-8-25(6)14-11-9-10-12-15-29(62)76-37(24(4)5)32(57-42(67)31(26-16-20-54-47(51)55-26)59-48(72)58-30(23(2)3)44(68)69)41(66)53-19-13-18-52-33(45(70)71)38(78-46-40(74-7)34(63)27(22-50)75-46)39-35(64)36(65)43(77-39)60-21-17-28(61)56-49(60)73/h17,21,23-27,30-40,43,46,52,63-65H,8-16,18-20,22,50H2,1-7H3,(H,53,66)(H,57,67)(H,68,69)(H,70,71)(H3,51,54,55)(H,56,61,73)(H2,58,59,72). The van der Waals surface area contributed by atoms with E-state index in [4.69, 9.17) is 35.2 Å². The van der Waals surface area contributed by atoms with Gasteiger partial charge in [-0.2, -0.15) is 0 Å². The molecule has 16 N–H and O–H groups in total. The maximum atomic E-state index is 14.5. The normalized spacial score (nSPS) is 25.9. The number of ether oxygens (including phenoxy) is 5. The Morgan fingerprint density at radius 3 is 2.15 bits per heavy atom. The molecule has 1 aromatic heterocycles. The Morgan fingerprint density at radius 1 is 0.859 bits per heavy atom. The summed E-state index contributed by atoms with van der Waals surface area (Å²) in [6.07, 6.45) is -8.99. The number of rotatable bonds is 32. The highest BCUT2D eigenvalue weighted by Gasteiger charge is 2.54. The van der Waals surface area contributed by atoms with E-state index >= 15 is 0 Å². The Labute approximate surface area is 451 Å². The number of methoxy groups -OCH3 is 1. The van der Waals surface area contributed by atoms with Crippen LogP contribution in [0.4, 0.5) is 4.79 Å². The second kappa shape index (κ2) is 31.1. The molecule has 4 amide bonds. The minimum Gasteiger partial charge on any atom is -0.480 e. The molecule has 2 fully saturated rings. The van der Waals surface area contributed by atoms with Crippen molar-refractivity contribution in [3.05, 3.63) is 33.1 Å². The summed E-state index contributed by atoms with van der Waals surface area (Å²) in [6, 6.07) is -7.25. The van der Waals surface area contributed by atoms with Crippen LogP contribution in [0.2, 0.25) is 0 Å². The van der Waals surface area contributed by atoms with E-state index in [1.165, 1.54) is 7.11 Å². The number of aromatic amines is 1. The maximum Gasteiger partial charge on any atom is 0.330 e. The number of carboxylic acids is 2. The Bertz CT molecular complexity index is 2290. The minimum absolute atomic E-state index is 0.0207. The molecule has 4 heterocycles. The lowest BCUT2D eigenvalue weighted by molar-refractivity contribution is -0.231. The second-order valence-electron chi connectivity index (χ2n) is 20.6. The van der Waals surface area contributed by atoms with E-state index in [0.29, 0.717) is 12.3 Å². The van der Waals surface area contributed by atoms with Crippen LogP contribution in [0.5, 0.6) is 0 Å². The Kier molecular flexibility index (Phi) is 25.8. The molecular formula is C49H83N11O18. The van der Waals surface area contributed by atoms with Gasteiger partial charge < -0.3 is 92.6 Å². The van der Waals surface area contributed by atoms with Crippen molar-refractivity contribution in [1.29, 1.82) is 0 Å². The first-order valence-electron chi connectivity index (χ1n) is 26.6. The average molecular weight is 1110 g/mol. The molecule has 78 heavy (non-hydrogen) atoms. The highest BCUT2D eigenvalue weighted by atomic mass is 16.7. The predicted molar refractivity (Wildman–Crippen MR) is 277 cm³/mol. The van der Waals surface area contributed by atoms with E-state index < -0.39 is 150 Å². The van der Waals surface area contributed by atoms with Gasteiger partial charge in [0.25, 0.3) is 5.56 Å². The SMILES string of the molecule is CCC(C)CCCCCCC(=O)OC(C(C)C)C(NC(=O)C(NC(=O)NC(C(=O)O)C(C)C)C1CCN=C(N)N1)C(=O)NCCCNC(C(=O)O)C(OC1OC(CN)C(O)C1OC)C1OC(n2ccc(=O)[nH]c2=O)C(O)C1O. The van der Waals surface area contributed by atoms with E-state index in [0.717, 1.165) is 48.9 Å². The molecule has 0 saturated carbocycles. The van der Waals surface area contributed by atoms with E-state index in [1.807, 2.05) is 4.98 Å². The molecule has 1 aromatic rings. The predicted octanol–water partition coefficient (Wildman–Crippen LogP) is -2.96. The number of aliphatic imine (C=N–C) groups is 1. The molecule has 3 aliphatic rings. The zero-order valence-electron chi connectivity index (χ0n) is 45.3. The number of hydrogen-bond acceptors (Lipinski definition) is 21. The number of guanidine groups is 1. The van der Waals surface area contributed by atoms with Gasteiger partial charge in [-0.1, -0.05) is 73.6 Å². The maximum absolute atomic E-state index is 14.5. The van der Waals surface area contributed by atoms with Crippen LogP contribution >= 0.6 is 0 Å². The van der Waals surface area contributed by atoms with Gasteiger partial charge in [-0.25, -0.2) is 14.4 Å². The number of amides is 4. The molecular weight excluding hydrogens is 1030 g/mol. The Hall–Kier alpha value is -5.79. The van der Waals surface area contributed by atoms with Gasteiger partial charge in [-0.05, 0) is 43.6 Å². The van der Waals surface area contributed by atoms with Gasteiger partial charge in [-0.3, -0.25) is 38.5 Å². The van der Waals surface area contributed by atoms with Gasteiger partial charge in [0, 0.05) is 45.4 Å². The van der Waals surface area contributed by atoms with Gasteiger partial charge in [0.2, 0.25) is 11.8 Å². The first-order chi connectivity index (χ1) is 36.9. The third-order valence-corrected chi connectivity index (χ3v) is 14.0. The van der Waals surface area contributed by atoms with Gasteiger partial charge in [-0.15, -0.1) is 0 Å². The largest absolute Gasteiger partial charge is 0.480 e. The summed E-state index contributed by atoms with van der Waals surface area (Å²) in [5.41, 5.74) is 9.97. The number of nitrogens with two attached hydrogens (primary N) is 2. The third kappa shape index (κ3) is 18.1. The van der Waals surface area contributed by atoms with Crippen molar-refractivity contribution in [3.63, 3.8) is 0 Å². The van der Waals surface area contributed by atoms with Crippen LogP contribution in [0.25, 0.3) is 0 Å². The number of nitrogens with one attached hydrogen (secondary N) is 7. The summed E-state index contributed by atoms with van der Waals surface area (Å²) in [7, 11) is 1.23. The first-order valence-corrected chi connectivity index (χ1v) is 26.6. The molecule has 0 aromatic carbocycles. The van der Waals surface area contributed by atoms with E-state index in [-0.39, 0.29) is 51.4 Å². The number of hydrogen-bond donors (Lipinski definition) is 14. The summed E-state index contributed by atoms with van der Waals surface area (Å²) in [5, 5.41) is 69.6. The summed E-state index contributed by atoms with van der Waals surface area (Å²) in [5.74, 6) is -5.91. The Balaban J connectivity index is 1.58.